The molecule has 0 aliphatic carbocycles. The van der Waals surface area contributed by atoms with E-state index in [1.807, 2.05) is 0 Å². The van der Waals surface area contributed by atoms with Gasteiger partial charge in [-0.25, -0.2) is 0 Å². The summed E-state index contributed by atoms with van der Waals surface area (Å²) in [7, 11) is 1.50. The number of nitrogens with one attached hydrogen (secondary N) is 1. The highest BCUT2D eigenvalue weighted by Gasteiger charge is 2.16. The summed E-state index contributed by atoms with van der Waals surface area (Å²) in [5.74, 6) is -0.313. The average Bonchev–Trinajstić information content (AvgIpc) is 2.63. The molecule has 0 saturated carbocycles. The summed E-state index contributed by atoms with van der Waals surface area (Å²) in [6, 6.07) is 1.13. The zero-order chi connectivity index (χ0) is 11.3. The van der Waals surface area contributed by atoms with Crippen LogP contribution in [0, 0.1) is 0 Å². The number of carbonyl (C=O) groups is 1. The van der Waals surface area contributed by atoms with E-state index in [9.17, 15) is 4.79 Å². The van der Waals surface area contributed by atoms with E-state index in [0.717, 1.165) is 0 Å². The Morgan fingerprint density at radius 2 is 2.53 bits per heavy atom. The van der Waals surface area contributed by atoms with Crippen LogP contribution in [0.25, 0.3) is 0 Å². The maximum atomic E-state index is 11.6. The lowest BCUT2D eigenvalue weighted by Gasteiger charge is -2.14. The molecule has 1 heterocycles. The van der Waals surface area contributed by atoms with Gasteiger partial charge in [0, 0.05) is 7.11 Å². The summed E-state index contributed by atoms with van der Waals surface area (Å²) in [5.41, 5.74) is 0.393. The number of methoxy groups -OCH3 is 1. The fourth-order valence-electron chi connectivity index (χ4n) is 1.06. The van der Waals surface area contributed by atoms with Gasteiger partial charge in [-0.05, 0) is 22.0 Å². The maximum absolute atomic E-state index is 11.6. The predicted molar refractivity (Wildman–Crippen MR) is 56.6 cm³/mol. The van der Waals surface area contributed by atoms with E-state index in [0.29, 0.717) is 10.2 Å². The number of hydrogen-bond donors (Lipinski definition) is 2. The first-order chi connectivity index (χ1) is 7.19. The molecule has 0 aliphatic heterocycles. The van der Waals surface area contributed by atoms with E-state index in [4.69, 9.17) is 14.3 Å². The van der Waals surface area contributed by atoms with Gasteiger partial charge in [-0.1, -0.05) is 0 Å². The van der Waals surface area contributed by atoms with Gasteiger partial charge in [-0.3, -0.25) is 4.79 Å². The van der Waals surface area contributed by atoms with Crippen LogP contribution in [0.5, 0.6) is 0 Å². The molecule has 1 amide bonds. The highest BCUT2D eigenvalue weighted by atomic mass is 79.9. The largest absolute Gasteiger partial charge is 0.457 e. The van der Waals surface area contributed by atoms with Crippen molar-refractivity contribution in [1.82, 2.24) is 5.32 Å². The van der Waals surface area contributed by atoms with Crippen LogP contribution < -0.4 is 5.32 Å². The molecule has 1 atom stereocenters. The van der Waals surface area contributed by atoms with Crippen LogP contribution in [-0.2, 0) is 4.74 Å². The average molecular weight is 278 g/mol. The second-order valence-electron chi connectivity index (χ2n) is 2.92. The van der Waals surface area contributed by atoms with Crippen LogP contribution in [0.1, 0.15) is 10.4 Å². The second-order valence-corrected chi connectivity index (χ2v) is 3.64. The van der Waals surface area contributed by atoms with Crippen molar-refractivity contribution >= 4 is 21.8 Å². The molecule has 1 unspecified atom stereocenters. The molecular formula is C9H12BrNO4. The number of furan rings is 1. The van der Waals surface area contributed by atoms with Gasteiger partial charge in [-0.2, -0.15) is 0 Å². The van der Waals surface area contributed by atoms with Crippen LogP contribution >= 0.6 is 15.9 Å². The Morgan fingerprint density at radius 3 is 3.00 bits per heavy atom. The van der Waals surface area contributed by atoms with Crippen LogP contribution in [0.2, 0.25) is 0 Å². The van der Waals surface area contributed by atoms with Crippen LogP contribution in [0.3, 0.4) is 0 Å². The summed E-state index contributed by atoms with van der Waals surface area (Å²) in [6.07, 6.45) is 1.41. The lowest BCUT2D eigenvalue weighted by atomic mass is 10.2. The predicted octanol–water partition coefficient (Wildman–Crippen LogP) is 0.779. The summed E-state index contributed by atoms with van der Waals surface area (Å²) in [5, 5.41) is 11.5. The first-order valence-electron chi connectivity index (χ1n) is 4.32. The molecule has 15 heavy (non-hydrogen) atoms. The minimum Gasteiger partial charge on any atom is -0.457 e. The fraction of sp³-hybridized carbons (Fsp3) is 0.444. The Balaban J connectivity index is 2.58. The van der Waals surface area contributed by atoms with Gasteiger partial charge >= 0.3 is 0 Å². The van der Waals surface area contributed by atoms with Crippen molar-refractivity contribution in [1.29, 1.82) is 0 Å². The molecule has 1 aromatic rings. The van der Waals surface area contributed by atoms with Crippen molar-refractivity contribution in [2.24, 2.45) is 0 Å². The SMILES string of the molecule is COCC(CO)NC(=O)c1ccoc1Br. The highest BCUT2D eigenvalue weighted by Crippen LogP contribution is 2.17. The summed E-state index contributed by atoms with van der Waals surface area (Å²) in [4.78, 5) is 11.6. The van der Waals surface area contributed by atoms with Crippen LogP contribution in [-0.4, -0.2) is 37.4 Å². The zero-order valence-electron chi connectivity index (χ0n) is 8.20. The highest BCUT2D eigenvalue weighted by molar-refractivity contribution is 9.10. The van der Waals surface area contributed by atoms with Gasteiger partial charge in [-0.15, -0.1) is 0 Å². The molecule has 1 rings (SSSR count). The summed E-state index contributed by atoms with van der Waals surface area (Å²) in [6.45, 7) is 0.0900. The van der Waals surface area contributed by atoms with E-state index in [1.54, 1.807) is 6.07 Å². The number of aliphatic hydroxyl groups is 1. The fourth-order valence-corrected chi connectivity index (χ4v) is 1.48. The van der Waals surface area contributed by atoms with Crippen molar-refractivity contribution < 1.29 is 19.1 Å². The normalized spacial score (nSPS) is 12.5. The molecule has 0 fully saturated rings. The van der Waals surface area contributed by atoms with Gasteiger partial charge in [0.25, 0.3) is 5.91 Å². The number of halogens is 1. The lowest BCUT2D eigenvalue weighted by molar-refractivity contribution is 0.0838. The van der Waals surface area contributed by atoms with E-state index in [1.165, 1.54) is 13.4 Å². The van der Waals surface area contributed by atoms with Crippen molar-refractivity contribution in [2.75, 3.05) is 20.3 Å². The van der Waals surface area contributed by atoms with Crippen molar-refractivity contribution in [2.45, 2.75) is 6.04 Å². The van der Waals surface area contributed by atoms with Crippen LogP contribution in [0.4, 0.5) is 0 Å². The molecule has 0 bridgehead atoms. The number of rotatable bonds is 5. The molecule has 2 N–H and O–H groups in total. The monoisotopic (exact) mass is 277 g/mol. The molecule has 1 aromatic heterocycles. The van der Waals surface area contributed by atoms with Crippen molar-refractivity contribution in [3.8, 4) is 0 Å². The summed E-state index contributed by atoms with van der Waals surface area (Å²) < 4.78 is 10.1. The van der Waals surface area contributed by atoms with E-state index in [-0.39, 0.29) is 19.1 Å². The van der Waals surface area contributed by atoms with Crippen molar-refractivity contribution in [3.05, 3.63) is 22.6 Å². The number of ether oxygens (including phenoxy) is 1. The molecule has 84 valence electrons. The first kappa shape index (κ1) is 12.2. The van der Waals surface area contributed by atoms with E-state index in [2.05, 4.69) is 21.2 Å². The Bertz CT molecular complexity index is 326. The minimum atomic E-state index is -0.413. The Kier molecular flexibility index (Phi) is 4.80. The smallest absolute Gasteiger partial charge is 0.256 e. The first-order valence-corrected chi connectivity index (χ1v) is 5.12. The third-order valence-corrected chi connectivity index (χ3v) is 2.40. The van der Waals surface area contributed by atoms with Gasteiger partial charge in [0.2, 0.25) is 0 Å². The second kappa shape index (κ2) is 5.89. The zero-order valence-corrected chi connectivity index (χ0v) is 9.78. The molecule has 0 aromatic carbocycles. The van der Waals surface area contributed by atoms with E-state index >= 15 is 0 Å². The summed E-state index contributed by atoms with van der Waals surface area (Å²) >= 11 is 3.10. The molecule has 0 saturated heterocycles. The molecule has 0 radical (unpaired) electrons. The van der Waals surface area contributed by atoms with Gasteiger partial charge in [0.1, 0.15) is 0 Å². The maximum Gasteiger partial charge on any atom is 0.256 e. The molecule has 0 aliphatic rings. The van der Waals surface area contributed by atoms with Crippen LogP contribution in [0.15, 0.2) is 21.4 Å². The lowest BCUT2D eigenvalue weighted by Crippen LogP contribution is -2.40. The quantitative estimate of drug-likeness (QED) is 0.835. The van der Waals surface area contributed by atoms with Gasteiger partial charge in [0.15, 0.2) is 4.67 Å². The molecule has 6 heteroatoms. The Morgan fingerprint density at radius 1 is 1.80 bits per heavy atom. The van der Waals surface area contributed by atoms with Gasteiger partial charge < -0.3 is 19.6 Å². The number of aliphatic hydroxyl groups excluding tert-OH is 1. The minimum absolute atomic E-state index is 0.172. The standard InChI is InChI=1S/C9H12BrNO4/c1-14-5-6(4-12)11-9(13)7-2-3-15-8(7)10/h2-3,6,12H,4-5H2,1H3,(H,11,13). The molecular weight excluding hydrogens is 266 g/mol. The van der Waals surface area contributed by atoms with E-state index < -0.39 is 6.04 Å². The third kappa shape index (κ3) is 3.33. The Labute approximate surface area is 95.5 Å². The molecule has 0 spiro atoms. The van der Waals surface area contributed by atoms with Crippen molar-refractivity contribution in [3.63, 3.8) is 0 Å². The van der Waals surface area contributed by atoms with Gasteiger partial charge in [0.05, 0.1) is 31.1 Å². The third-order valence-electron chi connectivity index (χ3n) is 1.79. The number of hydrogen-bond acceptors (Lipinski definition) is 4. The molecule has 5 nitrogen and oxygen atoms in total. The Hall–Kier alpha value is -0.850. The number of amides is 1. The number of carbonyl (C=O) groups excluding carboxylic acids is 1. The topological polar surface area (TPSA) is 71.7 Å².